The molecule has 1 fully saturated rings. The molecule has 0 bridgehead atoms. The molecule has 7 nitrogen and oxygen atoms in total. The molecule has 2 rings (SSSR count). The maximum absolute atomic E-state index is 11.7. The van der Waals surface area contributed by atoms with Gasteiger partial charge in [0, 0.05) is 6.54 Å². The lowest BCUT2D eigenvalue weighted by molar-refractivity contribution is -0.130. The Morgan fingerprint density at radius 3 is 2.38 bits per heavy atom. The number of likely N-dealkylation sites (tertiary alicyclic amines) is 1. The number of β-amino-alcohol motifs (C(OH)–C–C–N with tert-alkyl or cyclic N) is 1. The highest BCUT2D eigenvalue weighted by atomic mass is 16.3. The molecule has 21 heavy (non-hydrogen) atoms. The Morgan fingerprint density at radius 2 is 1.86 bits per heavy atom. The van der Waals surface area contributed by atoms with Crippen molar-refractivity contribution in [3.8, 4) is 0 Å². The summed E-state index contributed by atoms with van der Waals surface area (Å²) < 4.78 is 0. The molecule has 6 N–H and O–H groups in total. The highest BCUT2D eigenvalue weighted by Crippen LogP contribution is 2.23. The molecule has 7 heteroatoms. The van der Waals surface area contributed by atoms with Gasteiger partial charge in [0.2, 0.25) is 11.8 Å². The Morgan fingerprint density at radius 1 is 1.24 bits per heavy atom. The fourth-order valence-electron chi connectivity index (χ4n) is 2.72. The molecule has 0 spiro atoms. The maximum Gasteiger partial charge on any atom is 0.237 e. The summed E-state index contributed by atoms with van der Waals surface area (Å²) in [6.07, 6.45) is -2.18. The van der Waals surface area contributed by atoms with Gasteiger partial charge in [-0.2, -0.15) is 0 Å². The average Bonchev–Trinajstić information content (AvgIpc) is 2.73. The Kier molecular flexibility index (Phi) is 4.56. The number of amides is 2. The van der Waals surface area contributed by atoms with Crippen molar-refractivity contribution < 1.29 is 19.8 Å². The van der Waals surface area contributed by atoms with Gasteiger partial charge >= 0.3 is 0 Å². The first-order valence-electron chi connectivity index (χ1n) is 6.66. The van der Waals surface area contributed by atoms with Crippen molar-refractivity contribution in [3.63, 3.8) is 0 Å². The second kappa shape index (κ2) is 6.21. The zero-order valence-corrected chi connectivity index (χ0v) is 11.4. The van der Waals surface area contributed by atoms with Crippen molar-refractivity contribution in [1.29, 1.82) is 0 Å². The van der Waals surface area contributed by atoms with Gasteiger partial charge < -0.3 is 21.7 Å². The van der Waals surface area contributed by atoms with E-state index < -0.39 is 36.1 Å². The molecule has 2 amide bonds. The fourth-order valence-corrected chi connectivity index (χ4v) is 2.72. The van der Waals surface area contributed by atoms with E-state index >= 15 is 0 Å². The monoisotopic (exact) mass is 293 g/mol. The van der Waals surface area contributed by atoms with Crippen LogP contribution in [-0.4, -0.2) is 57.8 Å². The summed E-state index contributed by atoms with van der Waals surface area (Å²) in [5.74, 6) is -1.43. The van der Waals surface area contributed by atoms with Gasteiger partial charge in [0.1, 0.15) is 12.1 Å². The Hall–Kier alpha value is -1.96. The number of carbonyl (C=O) groups is 2. The molecule has 0 aliphatic carbocycles. The van der Waals surface area contributed by atoms with Crippen LogP contribution in [0.1, 0.15) is 5.56 Å². The summed E-state index contributed by atoms with van der Waals surface area (Å²) in [4.78, 5) is 24.6. The van der Waals surface area contributed by atoms with Crippen LogP contribution in [0.4, 0.5) is 0 Å². The molecule has 4 atom stereocenters. The van der Waals surface area contributed by atoms with E-state index in [-0.39, 0.29) is 13.0 Å². The molecule has 1 aliphatic heterocycles. The predicted molar refractivity (Wildman–Crippen MR) is 74.8 cm³/mol. The number of nitrogens with two attached hydrogens (primary N) is 2. The lowest BCUT2D eigenvalue weighted by Crippen LogP contribution is -2.54. The van der Waals surface area contributed by atoms with E-state index in [0.29, 0.717) is 0 Å². The Labute approximate surface area is 122 Å². The summed E-state index contributed by atoms with van der Waals surface area (Å²) in [7, 11) is 0. The number of benzene rings is 1. The number of rotatable bonds is 5. The second-order valence-corrected chi connectivity index (χ2v) is 5.21. The van der Waals surface area contributed by atoms with Gasteiger partial charge in [0.25, 0.3) is 0 Å². The molecule has 1 aliphatic rings. The number of carbonyl (C=O) groups excluding carboxylic acids is 2. The SMILES string of the molecule is NC(=O)C(Cc1ccccc1)N1C[C@H](O)[C@H](O)[C@H]1C(N)=O. The maximum atomic E-state index is 11.7. The van der Waals surface area contributed by atoms with Gasteiger partial charge in [-0.05, 0) is 12.0 Å². The van der Waals surface area contributed by atoms with Gasteiger partial charge in [-0.3, -0.25) is 14.5 Å². The van der Waals surface area contributed by atoms with E-state index in [4.69, 9.17) is 11.5 Å². The van der Waals surface area contributed by atoms with Gasteiger partial charge in [0.15, 0.2) is 0 Å². The van der Waals surface area contributed by atoms with E-state index in [9.17, 15) is 19.8 Å². The smallest absolute Gasteiger partial charge is 0.237 e. The lowest BCUT2D eigenvalue weighted by atomic mass is 10.0. The van der Waals surface area contributed by atoms with Gasteiger partial charge in [-0.15, -0.1) is 0 Å². The minimum atomic E-state index is -1.32. The lowest BCUT2D eigenvalue weighted by Gasteiger charge is -2.29. The van der Waals surface area contributed by atoms with Crippen LogP contribution in [0, 0.1) is 0 Å². The molecular formula is C14H19N3O4. The highest BCUT2D eigenvalue weighted by Gasteiger charge is 2.47. The summed E-state index contributed by atoms with van der Waals surface area (Å²) in [6, 6.07) is 7.21. The highest BCUT2D eigenvalue weighted by molar-refractivity contribution is 5.84. The van der Waals surface area contributed by atoms with Crippen LogP contribution in [0.3, 0.4) is 0 Å². The standard InChI is InChI=1S/C14H19N3O4/c15-13(20)9(6-8-4-2-1-3-5-8)17-7-10(18)12(19)11(17)14(16)21/h1-5,9-12,18-19H,6-7H2,(H2,15,20)(H2,16,21)/t9?,10-,11-,12-/m0/s1. The molecule has 1 unspecified atom stereocenters. The molecule has 0 radical (unpaired) electrons. The van der Waals surface area contributed by atoms with Crippen molar-refractivity contribution in [2.75, 3.05) is 6.54 Å². The van der Waals surface area contributed by atoms with Crippen molar-refractivity contribution in [3.05, 3.63) is 35.9 Å². The molecule has 1 heterocycles. The van der Waals surface area contributed by atoms with Gasteiger partial charge in [-0.1, -0.05) is 30.3 Å². The normalized spacial score (nSPS) is 27.4. The van der Waals surface area contributed by atoms with E-state index in [1.54, 1.807) is 0 Å². The van der Waals surface area contributed by atoms with Crippen molar-refractivity contribution in [2.45, 2.75) is 30.7 Å². The number of hydrogen-bond acceptors (Lipinski definition) is 5. The third-order valence-corrected chi connectivity index (χ3v) is 3.77. The third-order valence-electron chi connectivity index (χ3n) is 3.77. The summed E-state index contributed by atoms with van der Waals surface area (Å²) in [5.41, 5.74) is 11.6. The number of aliphatic hydroxyl groups is 2. The third kappa shape index (κ3) is 3.21. The summed E-state index contributed by atoms with van der Waals surface area (Å²) >= 11 is 0. The van der Waals surface area contributed by atoms with Crippen LogP contribution in [-0.2, 0) is 16.0 Å². The number of primary amides is 2. The number of hydrogen-bond donors (Lipinski definition) is 4. The van der Waals surface area contributed by atoms with Crippen molar-refractivity contribution >= 4 is 11.8 Å². The first-order chi connectivity index (χ1) is 9.91. The van der Waals surface area contributed by atoms with Crippen molar-refractivity contribution in [1.82, 2.24) is 4.90 Å². The zero-order valence-electron chi connectivity index (χ0n) is 11.4. The van der Waals surface area contributed by atoms with E-state index in [1.807, 2.05) is 30.3 Å². The molecule has 0 saturated carbocycles. The fraction of sp³-hybridized carbons (Fsp3) is 0.429. The zero-order chi connectivity index (χ0) is 15.6. The number of nitrogens with zero attached hydrogens (tertiary/aromatic N) is 1. The van der Waals surface area contributed by atoms with Crippen LogP contribution in [0.5, 0.6) is 0 Å². The summed E-state index contributed by atoms with van der Waals surface area (Å²) in [5, 5.41) is 19.6. The Balaban J connectivity index is 2.25. The first kappa shape index (κ1) is 15.4. The topological polar surface area (TPSA) is 130 Å². The molecule has 1 aromatic rings. The second-order valence-electron chi connectivity index (χ2n) is 5.21. The van der Waals surface area contributed by atoms with E-state index in [2.05, 4.69) is 0 Å². The molecule has 0 aromatic heterocycles. The largest absolute Gasteiger partial charge is 0.389 e. The van der Waals surface area contributed by atoms with Crippen LogP contribution < -0.4 is 11.5 Å². The van der Waals surface area contributed by atoms with Crippen LogP contribution >= 0.6 is 0 Å². The molecule has 1 aromatic carbocycles. The average molecular weight is 293 g/mol. The van der Waals surface area contributed by atoms with E-state index in [1.165, 1.54) is 4.90 Å². The van der Waals surface area contributed by atoms with Crippen LogP contribution in [0.15, 0.2) is 30.3 Å². The first-order valence-corrected chi connectivity index (χ1v) is 6.66. The molecule has 1 saturated heterocycles. The minimum Gasteiger partial charge on any atom is -0.389 e. The molecular weight excluding hydrogens is 274 g/mol. The molecule has 114 valence electrons. The summed E-state index contributed by atoms with van der Waals surface area (Å²) in [6.45, 7) is -0.0325. The number of aliphatic hydroxyl groups excluding tert-OH is 2. The minimum absolute atomic E-state index is 0.0325. The van der Waals surface area contributed by atoms with Crippen LogP contribution in [0.25, 0.3) is 0 Å². The van der Waals surface area contributed by atoms with Gasteiger partial charge in [-0.25, -0.2) is 0 Å². The predicted octanol–water partition coefficient (Wildman–Crippen LogP) is -2.03. The van der Waals surface area contributed by atoms with Crippen LogP contribution in [0.2, 0.25) is 0 Å². The van der Waals surface area contributed by atoms with Crippen molar-refractivity contribution in [2.24, 2.45) is 11.5 Å². The van der Waals surface area contributed by atoms with E-state index in [0.717, 1.165) is 5.56 Å². The quantitative estimate of drug-likeness (QED) is 0.497. The van der Waals surface area contributed by atoms with Gasteiger partial charge in [0.05, 0.1) is 12.1 Å². The Bertz CT molecular complexity index is 522.